The van der Waals surface area contributed by atoms with E-state index >= 15 is 0 Å². The second-order valence-corrected chi connectivity index (χ2v) is 13.7. The molecule has 12 rings (SSSR count). The normalized spacial score (nSPS) is 12.2. The van der Waals surface area contributed by atoms with Gasteiger partial charge >= 0.3 is 0 Å². The Bertz CT molecular complexity index is 3190. The standard InChI is InChI=1S/C48H28N2O2/c1-5-19-41-33(15-1)37-25-39-35-17-3-7-21-45(35)51-47(39)27-43(37)49(41)31-13-9-11-29(23-31)30-12-10-14-32(24-30)50-42-20-6-2-16-34(42)38-26-40-36-18-4-8-22-46(36)52-48(40)28-44(38)50/h1-28H. The van der Waals surface area contributed by atoms with Gasteiger partial charge in [-0.15, -0.1) is 0 Å². The van der Waals surface area contributed by atoms with E-state index in [2.05, 4.69) is 155 Å². The van der Waals surface area contributed by atoms with Gasteiger partial charge in [-0.2, -0.15) is 0 Å². The van der Waals surface area contributed by atoms with Crippen molar-refractivity contribution in [3.05, 3.63) is 170 Å². The van der Waals surface area contributed by atoms with Crippen LogP contribution in [0.3, 0.4) is 0 Å². The molecule has 0 N–H and O–H groups in total. The summed E-state index contributed by atoms with van der Waals surface area (Å²) in [5.74, 6) is 0. The van der Waals surface area contributed by atoms with E-state index < -0.39 is 0 Å². The second kappa shape index (κ2) is 10.3. The van der Waals surface area contributed by atoms with E-state index in [0.717, 1.165) is 77.4 Å². The number of hydrogen-bond donors (Lipinski definition) is 0. The van der Waals surface area contributed by atoms with E-state index in [1.54, 1.807) is 0 Å². The predicted molar refractivity (Wildman–Crippen MR) is 215 cm³/mol. The van der Waals surface area contributed by atoms with Crippen molar-refractivity contribution in [1.29, 1.82) is 0 Å². The lowest BCUT2D eigenvalue weighted by molar-refractivity contribution is 0.669. The van der Waals surface area contributed by atoms with Crippen LogP contribution in [0, 0.1) is 0 Å². The molecule has 0 aliphatic rings. The maximum absolute atomic E-state index is 6.37. The highest BCUT2D eigenvalue weighted by Crippen LogP contribution is 2.41. The monoisotopic (exact) mass is 664 g/mol. The molecular formula is C48H28N2O2. The first-order valence-electron chi connectivity index (χ1n) is 17.7. The molecule has 0 aliphatic heterocycles. The van der Waals surface area contributed by atoms with E-state index in [9.17, 15) is 0 Å². The molecule has 0 bridgehead atoms. The minimum Gasteiger partial charge on any atom is -0.456 e. The first-order chi connectivity index (χ1) is 25.8. The summed E-state index contributed by atoms with van der Waals surface area (Å²) >= 11 is 0. The molecule has 8 aromatic carbocycles. The zero-order valence-electron chi connectivity index (χ0n) is 27.9. The van der Waals surface area contributed by atoms with Gasteiger partial charge in [0.2, 0.25) is 0 Å². The Kier molecular flexibility index (Phi) is 5.47. The van der Waals surface area contributed by atoms with E-state index in [0.29, 0.717) is 0 Å². The maximum atomic E-state index is 6.37. The molecule has 0 saturated heterocycles. The highest BCUT2D eigenvalue weighted by molar-refractivity contribution is 6.18. The molecule has 242 valence electrons. The molecule has 52 heavy (non-hydrogen) atoms. The average Bonchev–Trinajstić information content (AvgIpc) is 3.93. The SMILES string of the molecule is c1cc(-c2cccc(-n3c4ccccc4c4cc5c(cc43)oc3ccccc35)c2)cc(-n2c3ccccc3c3cc4c(cc32)oc2ccccc24)c1. The third-order valence-corrected chi connectivity index (χ3v) is 10.9. The highest BCUT2D eigenvalue weighted by Gasteiger charge is 2.19. The summed E-state index contributed by atoms with van der Waals surface area (Å²) in [7, 11) is 0. The number of hydrogen-bond acceptors (Lipinski definition) is 2. The number of nitrogens with zero attached hydrogens (tertiary/aromatic N) is 2. The summed E-state index contributed by atoms with van der Waals surface area (Å²) in [6, 6.07) is 60.7. The molecule has 4 aromatic heterocycles. The van der Waals surface area contributed by atoms with E-state index in [-0.39, 0.29) is 0 Å². The Morgan fingerprint density at radius 1 is 0.269 bits per heavy atom. The summed E-state index contributed by atoms with van der Waals surface area (Å²) < 4.78 is 17.5. The molecule has 0 fully saturated rings. The van der Waals surface area contributed by atoms with Gasteiger partial charge in [0.05, 0.1) is 22.1 Å². The van der Waals surface area contributed by atoms with Crippen molar-refractivity contribution in [2.24, 2.45) is 0 Å². The molecule has 0 atom stereocenters. The smallest absolute Gasteiger partial charge is 0.137 e. The lowest BCUT2D eigenvalue weighted by atomic mass is 10.0. The Morgan fingerprint density at radius 2 is 0.692 bits per heavy atom. The summed E-state index contributed by atoms with van der Waals surface area (Å²) in [5, 5.41) is 9.44. The lowest BCUT2D eigenvalue weighted by Crippen LogP contribution is -1.96. The number of rotatable bonds is 3. The van der Waals surface area contributed by atoms with Crippen molar-refractivity contribution < 1.29 is 8.83 Å². The van der Waals surface area contributed by atoms with Crippen molar-refractivity contribution in [2.75, 3.05) is 0 Å². The molecule has 0 unspecified atom stereocenters. The third kappa shape index (κ3) is 3.81. The van der Waals surface area contributed by atoms with Crippen LogP contribution in [0.2, 0.25) is 0 Å². The van der Waals surface area contributed by atoms with E-state index in [1.165, 1.54) is 32.6 Å². The topological polar surface area (TPSA) is 36.1 Å². The Hall–Kier alpha value is -7.04. The fourth-order valence-corrected chi connectivity index (χ4v) is 8.58. The van der Waals surface area contributed by atoms with Crippen molar-refractivity contribution in [1.82, 2.24) is 9.13 Å². The number of para-hydroxylation sites is 4. The Labute approximate surface area is 296 Å². The van der Waals surface area contributed by atoms with Crippen molar-refractivity contribution in [2.45, 2.75) is 0 Å². The maximum Gasteiger partial charge on any atom is 0.137 e. The third-order valence-electron chi connectivity index (χ3n) is 10.9. The Morgan fingerprint density at radius 3 is 1.17 bits per heavy atom. The molecule has 4 heterocycles. The molecule has 12 aromatic rings. The van der Waals surface area contributed by atoms with Crippen LogP contribution < -0.4 is 0 Å². The molecule has 4 nitrogen and oxygen atoms in total. The fourth-order valence-electron chi connectivity index (χ4n) is 8.58. The van der Waals surface area contributed by atoms with Crippen molar-refractivity contribution >= 4 is 87.5 Å². The van der Waals surface area contributed by atoms with Gasteiger partial charge in [0.25, 0.3) is 0 Å². The van der Waals surface area contributed by atoms with Gasteiger partial charge in [-0.05, 0) is 71.8 Å². The van der Waals surface area contributed by atoms with Crippen LogP contribution in [0.15, 0.2) is 179 Å². The minimum absolute atomic E-state index is 0.896. The summed E-state index contributed by atoms with van der Waals surface area (Å²) in [6.45, 7) is 0. The number of benzene rings is 8. The first-order valence-corrected chi connectivity index (χ1v) is 17.7. The fraction of sp³-hybridized carbons (Fsp3) is 0. The summed E-state index contributed by atoms with van der Waals surface area (Å²) in [6.07, 6.45) is 0. The molecular weight excluding hydrogens is 637 g/mol. The van der Waals surface area contributed by atoms with E-state index in [1.807, 2.05) is 24.3 Å². The highest BCUT2D eigenvalue weighted by atomic mass is 16.3. The number of furan rings is 2. The predicted octanol–water partition coefficient (Wildman–Crippen LogP) is 13.3. The summed E-state index contributed by atoms with van der Waals surface area (Å²) in [4.78, 5) is 0. The molecule has 0 radical (unpaired) electrons. The molecule has 0 saturated carbocycles. The van der Waals surface area contributed by atoms with Crippen LogP contribution in [0.25, 0.3) is 110 Å². The number of aromatic nitrogens is 2. The average molecular weight is 665 g/mol. The minimum atomic E-state index is 0.896. The second-order valence-electron chi connectivity index (χ2n) is 13.7. The van der Waals surface area contributed by atoms with Gasteiger partial charge in [-0.25, -0.2) is 0 Å². The quantitative estimate of drug-likeness (QED) is 0.188. The molecule has 4 heteroatoms. The zero-order chi connectivity index (χ0) is 33.9. The van der Waals surface area contributed by atoms with Crippen molar-refractivity contribution in [3.8, 4) is 22.5 Å². The van der Waals surface area contributed by atoms with Gasteiger partial charge in [0, 0.05) is 66.6 Å². The first kappa shape index (κ1) is 27.7. The van der Waals surface area contributed by atoms with Gasteiger partial charge in [0.15, 0.2) is 0 Å². The summed E-state index contributed by atoms with van der Waals surface area (Å²) in [5.41, 5.74) is 12.7. The van der Waals surface area contributed by atoms with Crippen LogP contribution >= 0.6 is 0 Å². The van der Waals surface area contributed by atoms with Gasteiger partial charge in [-0.1, -0.05) is 97.1 Å². The largest absolute Gasteiger partial charge is 0.456 e. The van der Waals surface area contributed by atoms with Crippen LogP contribution in [0.5, 0.6) is 0 Å². The van der Waals surface area contributed by atoms with E-state index in [4.69, 9.17) is 8.83 Å². The van der Waals surface area contributed by atoms with Crippen LogP contribution in [0.1, 0.15) is 0 Å². The molecule has 0 spiro atoms. The molecule has 0 amide bonds. The van der Waals surface area contributed by atoms with Crippen LogP contribution in [0.4, 0.5) is 0 Å². The zero-order valence-corrected chi connectivity index (χ0v) is 27.9. The van der Waals surface area contributed by atoms with Gasteiger partial charge < -0.3 is 18.0 Å². The lowest BCUT2D eigenvalue weighted by Gasteiger charge is -2.12. The number of fused-ring (bicyclic) bond motifs is 12. The molecule has 0 aliphatic carbocycles. The Balaban J connectivity index is 1.05. The van der Waals surface area contributed by atoms with Crippen LogP contribution in [-0.2, 0) is 0 Å². The van der Waals surface area contributed by atoms with Crippen LogP contribution in [-0.4, -0.2) is 9.13 Å². The van der Waals surface area contributed by atoms with Crippen molar-refractivity contribution in [3.63, 3.8) is 0 Å². The van der Waals surface area contributed by atoms with Gasteiger partial charge in [-0.3, -0.25) is 0 Å². The van der Waals surface area contributed by atoms with Gasteiger partial charge in [0.1, 0.15) is 22.3 Å².